The molecule has 0 aliphatic rings. The van der Waals surface area contributed by atoms with Gasteiger partial charge in [0.15, 0.2) is 0 Å². The molecule has 25 heavy (non-hydrogen) atoms. The van der Waals surface area contributed by atoms with Crippen molar-refractivity contribution in [3.63, 3.8) is 0 Å². The van der Waals surface area contributed by atoms with Gasteiger partial charge in [0.2, 0.25) is 0 Å². The van der Waals surface area contributed by atoms with Gasteiger partial charge >= 0.3 is 0 Å². The molecule has 0 unspecified atom stereocenters. The summed E-state index contributed by atoms with van der Waals surface area (Å²) in [5.74, 6) is 0. The molecular weight excluding hydrogens is 390 g/mol. The van der Waals surface area contributed by atoms with E-state index in [1.807, 2.05) is 11.8 Å². The minimum Gasteiger partial charge on any atom is -0.316 e. The maximum atomic E-state index is 3.59. The predicted octanol–water partition coefficient (Wildman–Crippen LogP) is 7.16. The zero-order chi connectivity index (χ0) is 17.4. The molecule has 0 atom stereocenters. The topological polar surface area (TPSA) is 4.93 Å². The van der Waals surface area contributed by atoms with E-state index in [4.69, 9.17) is 0 Å². The third-order valence-electron chi connectivity index (χ3n) is 4.23. The SMILES string of the molecule is Cc1ccc(Sc2cc(C)cc(-n3ccc4ccc(Br)cc43)c2)cc1. The van der Waals surface area contributed by atoms with Crippen LogP contribution < -0.4 is 0 Å². The molecule has 0 N–H and O–H groups in total. The highest BCUT2D eigenvalue weighted by atomic mass is 79.9. The standard InChI is InChI=1S/C22H18BrNS/c1-15-3-7-20(8-4-15)25-21-12-16(2)11-19(14-21)24-10-9-17-5-6-18(23)13-22(17)24/h3-14H,1-2H3. The second-order valence-electron chi connectivity index (χ2n) is 6.31. The van der Waals surface area contributed by atoms with Gasteiger partial charge in [-0.3, -0.25) is 0 Å². The van der Waals surface area contributed by atoms with E-state index in [9.17, 15) is 0 Å². The Morgan fingerprint density at radius 3 is 2.36 bits per heavy atom. The minimum atomic E-state index is 1.10. The molecule has 124 valence electrons. The molecule has 4 rings (SSSR count). The first-order valence-corrected chi connectivity index (χ1v) is 9.83. The smallest absolute Gasteiger partial charge is 0.0539 e. The molecule has 1 aromatic heterocycles. The Kier molecular flexibility index (Phi) is 4.45. The van der Waals surface area contributed by atoms with Gasteiger partial charge in [-0.05, 0) is 67.9 Å². The number of nitrogens with zero attached hydrogens (tertiary/aromatic N) is 1. The third kappa shape index (κ3) is 3.53. The molecule has 0 aliphatic carbocycles. The number of hydrogen-bond acceptors (Lipinski definition) is 1. The van der Waals surface area contributed by atoms with Gasteiger partial charge in [-0.25, -0.2) is 0 Å². The zero-order valence-electron chi connectivity index (χ0n) is 14.2. The summed E-state index contributed by atoms with van der Waals surface area (Å²) < 4.78 is 3.36. The number of benzene rings is 3. The van der Waals surface area contributed by atoms with Gasteiger partial charge in [-0.15, -0.1) is 0 Å². The molecular formula is C22H18BrNS. The van der Waals surface area contributed by atoms with Gasteiger partial charge in [-0.1, -0.05) is 51.5 Å². The van der Waals surface area contributed by atoms with E-state index in [2.05, 4.69) is 107 Å². The van der Waals surface area contributed by atoms with Crippen molar-refractivity contribution in [1.82, 2.24) is 4.57 Å². The van der Waals surface area contributed by atoms with E-state index in [0.717, 1.165) is 4.47 Å². The lowest BCUT2D eigenvalue weighted by molar-refractivity contribution is 1.10. The van der Waals surface area contributed by atoms with Crippen molar-refractivity contribution in [2.24, 2.45) is 0 Å². The third-order valence-corrected chi connectivity index (χ3v) is 5.70. The summed E-state index contributed by atoms with van der Waals surface area (Å²) >= 11 is 5.39. The summed E-state index contributed by atoms with van der Waals surface area (Å²) in [6.45, 7) is 4.28. The van der Waals surface area contributed by atoms with Gasteiger partial charge in [0.05, 0.1) is 5.52 Å². The van der Waals surface area contributed by atoms with E-state index in [1.165, 1.54) is 37.5 Å². The quantitative estimate of drug-likeness (QED) is 0.348. The molecule has 4 aromatic rings. The molecule has 1 nitrogen and oxygen atoms in total. The first-order chi connectivity index (χ1) is 12.1. The lowest BCUT2D eigenvalue weighted by atomic mass is 10.2. The fraction of sp³-hybridized carbons (Fsp3) is 0.0909. The second-order valence-corrected chi connectivity index (χ2v) is 8.37. The summed E-state index contributed by atoms with van der Waals surface area (Å²) in [5, 5.41) is 1.25. The van der Waals surface area contributed by atoms with Gasteiger partial charge in [0, 0.05) is 31.5 Å². The molecule has 1 heterocycles. The van der Waals surface area contributed by atoms with Gasteiger partial charge in [0.1, 0.15) is 0 Å². The summed E-state index contributed by atoms with van der Waals surface area (Å²) in [5.41, 5.74) is 4.97. The molecule has 0 radical (unpaired) electrons. The maximum absolute atomic E-state index is 3.59. The molecule has 0 saturated heterocycles. The Balaban J connectivity index is 1.76. The highest BCUT2D eigenvalue weighted by molar-refractivity contribution is 9.10. The number of halogens is 1. The van der Waals surface area contributed by atoms with Crippen LogP contribution in [0.2, 0.25) is 0 Å². The minimum absolute atomic E-state index is 1.10. The zero-order valence-corrected chi connectivity index (χ0v) is 16.6. The van der Waals surface area contributed by atoms with Crippen molar-refractivity contribution in [3.05, 3.63) is 88.5 Å². The van der Waals surface area contributed by atoms with Crippen molar-refractivity contribution in [2.45, 2.75) is 23.6 Å². The molecule has 3 aromatic carbocycles. The normalized spacial score (nSPS) is 11.2. The van der Waals surface area contributed by atoms with E-state index in [-0.39, 0.29) is 0 Å². The van der Waals surface area contributed by atoms with Crippen LogP contribution in [0.5, 0.6) is 0 Å². The summed E-state index contributed by atoms with van der Waals surface area (Å²) in [6.07, 6.45) is 2.15. The molecule has 0 aliphatic heterocycles. The molecule has 3 heteroatoms. The monoisotopic (exact) mass is 407 g/mol. The number of rotatable bonds is 3. The molecule has 0 saturated carbocycles. The lowest BCUT2D eigenvalue weighted by Crippen LogP contribution is -1.93. The van der Waals surface area contributed by atoms with Crippen LogP contribution in [-0.4, -0.2) is 4.57 Å². The summed E-state index contributed by atoms with van der Waals surface area (Å²) in [6, 6.07) is 24.0. The fourth-order valence-electron chi connectivity index (χ4n) is 3.00. The van der Waals surface area contributed by atoms with Gasteiger partial charge in [-0.2, -0.15) is 0 Å². The Bertz CT molecular complexity index is 1050. The molecule has 0 bridgehead atoms. The first kappa shape index (κ1) is 16.5. The van der Waals surface area contributed by atoms with Crippen LogP contribution in [-0.2, 0) is 0 Å². The Labute approximate surface area is 160 Å². The van der Waals surface area contributed by atoms with Crippen LogP contribution in [0, 0.1) is 13.8 Å². The van der Waals surface area contributed by atoms with E-state index >= 15 is 0 Å². The fourth-order valence-corrected chi connectivity index (χ4v) is 4.31. The van der Waals surface area contributed by atoms with Crippen molar-refractivity contribution in [3.8, 4) is 5.69 Å². The average Bonchev–Trinajstić information content (AvgIpc) is 2.99. The van der Waals surface area contributed by atoms with Crippen LogP contribution in [0.4, 0.5) is 0 Å². The Hall–Kier alpha value is -1.97. The van der Waals surface area contributed by atoms with Gasteiger partial charge < -0.3 is 4.57 Å². The highest BCUT2D eigenvalue weighted by Crippen LogP contribution is 2.32. The predicted molar refractivity (Wildman–Crippen MR) is 111 cm³/mol. The van der Waals surface area contributed by atoms with Crippen LogP contribution in [0.25, 0.3) is 16.6 Å². The van der Waals surface area contributed by atoms with Crippen LogP contribution in [0.1, 0.15) is 11.1 Å². The lowest BCUT2D eigenvalue weighted by Gasteiger charge is -2.10. The number of aromatic nitrogens is 1. The van der Waals surface area contributed by atoms with Crippen LogP contribution in [0.15, 0.2) is 87.2 Å². The van der Waals surface area contributed by atoms with Crippen LogP contribution in [0.3, 0.4) is 0 Å². The van der Waals surface area contributed by atoms with Crippen molar-refractivity contribution in [1.29, 1.82) is 0 Å². The molecule has 0 amide bonds. The van der Waals surface area contributed by atoms with E-state index in [1.54, 1.807) is 0 Å². The maximum Gasteiger partial charge on any atom is 0.0539 e. The Morgan fingerprint density at radius 1 is 0.760 bits per heavy atom. The average molecular weight is 408 g/mol. The molecule has 0 spiro atoms. The number of hydrogen-bond donors (Lipinski definition) is 0. The highest BCUT2D eigenvalue weighted by Gasteiger charge is 2.07. The van der Waals surface area contributed by atoms with E-state index < -0.39 is 0 Å². The second kappa shape index (κ2) is 6.74. The summed E-state index contributed by atoms with van der Waals surface area (Å²) in [4.78, 5) is 2.53. The number of fused-ring (bicyclic) bond motifs is 1. The number of aryl methyl sites for hydroxylation is 2. The largest absolute Gasteiger partial charge is 0.316 e. The van der Waals surface area contributed by atoms with Crippen molar-refractivity contribution in [2.75, 3.05) is 0 Å². The van der Waals surface area contributed by atoms with Crippen LogP contribution >= 0.6 is 27.7 Å². The summed E-state index contributed by atoms with van der Waals surface area (Å²) in [7, 11) is 0. The molecule has 0 fully saturated rings. The Morgan fingerprint density at radius 2 is 1.56 bits per heavy atom. The van der Waals surface area contributed by atoms with Crippen molar-refractivity contribution >= 4 is 38.6 Å². The first-order valence-electron chi connectivity index (χ1n) is 8.22. The van der Waals surface area contributed by atoms with Gasteiger partial charge in [0.25, 0.3) is 0 Å². The van der Waals surface area contributed by atoms with Crippen molar-refractivity contribution < 1.29 is 0 Å². The van der Waals surface area contributed by atoms with E-state index in [0.29, 0.717) is 0 Å².